The molecule has 0 saturated carbocycles. The van der Waals surface area contributed by atoms with Gasteiger partial charge in [-0.15, -0.1) is 0 Å². The van der Waals surface area contributed by atoms with Crippen LogP contribution in [0.3, 0.4) is 0 Å². The van der Waals surface area contributed by atoms with E-state index in [9.17, 15) is 17.6 Å². The fourth-order valence-corrected chi connectivity index (χ4v) is 4.97. The van der Waals surface area contributed by atoms with Gasteiger partial charge < -0.3 is 5.32 Å². The van der Waals surface area contributed by atoms with Gasteiger partial charge in [0.15, 0.2) is 0 Å². The molecular formula is C21H25FN2O3S. The summed E-state index contributed by atoms with van der Waals surface area (Å²) in [5, 5.41) is 2.91. The minimum Gasteiger partial charge on any atom is -0.356 e. The van der Waals surface area contributed by atoms with Crippen LogP contribution in [-0.4, -0.2) is 38.3 Å². The number of hydrogen-bond acceptors (Lipinski definition) is 3. The van der Waals surface area contributed by atoms with Gasteiger partial charge >= 0.3 is 0 Å². The van der Waals surface area contributed by atoms with E-state index in [0.717, 1.165) is 5.56 Å². The SMILES string of the molecule is CC(C)CNC(=O)C1CN(S(=O)(=O)c2ccccc2)CC1c1ccc(F)cc1. The van der Waals surface area contributed by atoms with Gasteiger partial charge in [0, 0.05) is 25.6 Å². The average Bonchev–Trinajstić information content (AvgIpc) is 3.13. The Morgan fingerprint density at radius 1 is 1.11 bits per heavy atom. The Hall–Kier alpha value is -2.25. The molecule has 1 amide bonds. The van der Waals surface area contributed by atoms with E-state index in [-0.39, 0.29) is 35.6 Å². The molecule has 1 N–H and O–H groups in total. The van der Waals surface area contributed by atoms with Gasteiger partial charge in [-0.1, -0.05) is 44.2 Å². The predicted molar refractivity (Wildman–Crippen MR) is 106 cm³/mol. The first kappa shape index (κ1) is 20.5. The highest BCUT2D eigenvalue weighted by Gasteiger charge is 2.43. The van der Waals surface area contributed by atoms with Gasteiger partial charge in [0.1, 0.15) is 5.82 Å². The number of carbonyl (C=O) groups excluding carboxylic acids is 1. The number of nitrogens with zero attached hydrogens (tertiary/aromatic N) is 1. The Morgan fingerprint density at radius 3 is 2.36 bits per heavy atom. The maximum Gasteiger partial charge on any atom is 0.243 e. The topological polar surface area (TPSA) is 66.5 Å². The summed E-state index contributed by atoms with van der Waals surface area (Å²) in [6, 6.07) is 14.1. The van der Waals surface area contributed by atoms with Crippen molar-refractivity contribution >= 4 is 15.9 Å². The molecule has 0 bridgehead atoms. The van der Waals surface area contributed by atoms with Gasteiger partial charge in [0.2, 0.25) is 15.9 Å². The van der Waals surface area contributed by atoms with Gasteiger partial charge in [-0.25, -0.2) is 12.8 Å². The summed E-state index contributed by atoms with van der Waals surface area (Å²) in [4.78, 5) is 13.0. The van der Waals surface area contributed by atoms with Crippen molar-refractivity contribution in [3.8, 4) is 0 Å². The number of benzene rings is 2. The monoisotopic (exact) mass is 404 g/mol. The zero-order valence-electron chi connectivity index (χ0n) is 16.0. The molecule has 5 nitrogen and oxygen atoms in total. The molecule has 2 unspecified atom stereocenters. The van der Waals surface area contributed by atoms with Crippen LogP contribution in [0, 0.1) is 17.7 Å². The first-order chi connectivity index (χ1) is 13.3. The fourth-order valence-electron chi connectivity index (χ4n) is 3.45. The Morgan fingerprint density at radius 2 is 1.75 bits per heavy atom. The maximum absolute atomic E-state index is 13.3. The summed E-state index contributed by atoms with van der Waals surface area (Å²) < 4.78 is 40.8. The van der Waals surface area contributed by atoms with E-state index in [4.69, 9.17) is 0 Å². The molecule has 1 saturated heterocycles. The Bertz CT molecular complexity index is 914. The molecule has 2 aromatic rings. The Kier molecular flexibility index (Phi) is 6.15. The molecule has 150 valence electrons. The van der Waals surface area contributed by atoms with Crippen molar-refractivity contribution in [1.29, 1.82) is 0 Å². The van der Waals surface area contributed by atoms with Crippen LogP contribution in [-0.2, 0) is 14.8 Å². The summed E-state index contributed by atoms with van der Waals surface area (Å²) in [6.45, 7) is 4.81. The highest BCUT2D eigenvalue weighted by Crippen LogP contribution is 2.36. The smallest absolute Gasteiger partial charge is 0.243 e. The van der Waals surface area contributed by atoms with Crippen LogP contribution in [0.1, 0.15) is 25.3 Å². The van der Waals surface area contributed by atoms with E-state index >= 15 is 0 Å². The van der Waals surface area contributed by atoms with Crippen molar-refractivity contribution in [1.82, 2.24) is 9.62 Å². The zero-order valence-corrected chi connectivity index (χ0v) is 16.8. The van der Waals surface area contributed by atoms with E-state index in [1.165, 1.54) is 16.4 Å². The Labute approximate surface area is 165 Å². The second-order valence-corrected chi connectivity index (χ2v) is 9.48. The number of rotatable bonds is 6. The lowest BCUT2D eigenvalue weighted by Crippen LogP contribution is -2.37. The van der Waals surface area contributed by atoms with Crippen molar-refractivity contribution < 1.29 is 17.6 Å². The number of nitrogens with one attached hydrogen (secondary N) is 1. The molecule has 2 atom stereocenters. The molecule has 0 aromatic heterocycles. The van der Waals surface area contributed by atoms with Crippen LogP contribution in [0.15, 0.2) is 59.5 Å². The van der Waals surface area contributed by atoms with Crippen molar-refractivity contribution in [2.24, 2.45) is 11.8 Å². The van der Waals surface area contributed by atoms with Crippen LogP contribution < -0.4 is 5.32 Å². The average molecular weight is 405 g/mol. The highest BCUT2D eigenvalue weighted by atomic mass is 32.2. The van der Waals surface area contributed by atoms with E-state index < -0.39 is 15.9 Å². The first-order valence-corrected chi connectivity index (χ1v) is 10.8. The molecule has 0 spiro atoms. The standard InChI is InChI=1S/C21H25FN2O3S/c1-15(2)12-23-21(25)20-14-24(28(26,27)18-6-4-3-5-7-18)13-19(20)16-8-10-17(22)11-9-16/h3-11,15,19-20H,12-14H2,1-2H3,(H,23,25). The number of halogens is 1. The van der Waals surface area contributed by atoms with Crippen LogP contribution in [0.5, 0.6) is 0 Å². The number of carbonyl (C=O) groups is 1. The van der Waals surface area contributed by atoms with Gasteiger partial charge in [-0.2, -0.15) is 4.31 Å². The minimum atomic E-state index is -3.71. The van der Waals surface area contributed by atoms with Gasteiger partial charge in [0.05, 0.1) is 10.8 Å². The lowest BCUT2D eigenvalue weighted by molar-refractivity contribution is -0.125. The second kappa shape index (κ2) is 8.41. The second-order valence-electron chi connectivity index (χ2n) is 7.54. The summed E-state index contributed by atoms with van der Waals surface area (Å²) in [5.74, 6) is -1.10. The lowest BCUT2D eigenvalue weighted by atomic mass is 9.88. The molecule has 0 aliphatic carbocycles. The van der Waals surface area contributed by atoms with E-state index in [1.54, 1.807) is 42.5 Å². The summed E-state index contributed by atoms with van der Waals surface area (Å²) >= 11 is 0. The van der Waals surface area contributed by atoms with Crippen molar-refractivity contribution in [2.45, 2.75) is 24.7 Å². The van der Waals surface area contributed by atoms with Crippen molar-refractivity contribution in [3.05, 3.63) is 66.0 Å². The molecule has 2 aromatic carbocycles. The van der Waals surface area contributed by atoms with Crippen LogP contribution in [0.25, 0.3) is 0 Å². The number of sulfonamides is 1. The van der Waals surface area contributed by atoms with Crippen molar-refractivity contribution in [3.63, 3.8) is 0 Å². The zero-order chi connectivity index (χ0) is 20.3. The van der Waals surface area contributed by atoms with Crippen molar-refractivity contribution in [2.75, 3.05) is 19.6 Å². The molecule has 1 aliphatic heterocycles. The van der Waals surface area contributed by atoms with Crippen LogP contribution in [0.4, 0.5) is 4.39 Å². The van der Waals surface area contributed by atoms with Gasteiger partial charge in [0.25, 0.3) is 0 Å². The quantitative estimate of drug-likeness (QED) is 0.805. The van der Waals surface area contributed by atoms with Crippen LogP contribution >= 0.6 is 0 Å². The first-order valence-electron chi connectivity index (χ1n) is 9.37. The molecule has 28 heavy (non-hydrogen) atoms. The van der Waals surface area contributed by atoms with Gasteiger partial charge in [-0.3, -0.25) is 4.79 Å². The third kappa shape index (κ3) is 4.42. The highest BCUT2D eigenvalue weighted by molar-refractivity contribution is 7.89. The number of hydrogen-bond donors (Lipinski definition) is 1. The predicted octanol–water partition coefficient (Wildman–Crippen LogP) is 3.00. The molecule has 3 rings (SSSR count). The lowest BCUT2D eigenvalue weighted by Gasteiger charge is -2.19. The van der Waals surface area contributed by atoms with E-state index in [2.05, 4.69) is 5.32 Å². The molecule has 1 aliphatic rings. The maximum atomic E-state index is 13.3. The molecule has 0 radical (unpaired) electrons. The molecular weight excluding hydrogens is 379 g/mol. The molecule has 1 heterocycles. The Balaban J connectivity index is 1.90. The van der Waals surface area contributed by atoms with Gasteiger partial charge in [-0.05, 0) is 35.7 Å². The number of amides is 1. The minimum absolute atomic E-state index is 0.100. The molecule has 7 heteroatoms. The third-order valence-electron chi connectivity index (χ3n) is 4.99. The fraction of sp³-hybridized carbons (Fsp3) is 0.381. The summed E-state index contributed by atoms with van der Waals surface area (Å²) in [5.41, 5.74) is 0.761. The largest absolute Gasteiger partial charge is 0.356 e. The third-order valence-corrected chi connectivity index (χ3v) is 6.83. The van der Waals surface area contributed by atoms with E-state index in [1.807, 2.05) is 13.8 Å². The van der Waals surface area contributed by atoms with Crippen LogP contribution in [0.2, 0.25) is 0 Å². The normalized spacial score (nSPS) is 20.4. The van der Waals surface area contributed by atoms with E-state index in [0.29, 0.717) is 12.5 Å². The molecule has 1 fully saturated rings. The summed E-state index contributed by atoms with van der Waals surface area (Å²) in [6.07, 6.45) is 0. The summed E-state index contributed by atoms with van der Waals surface area (Å²) in [7, 11) is -3.71.